The molecule has 0 amide bonds. The zero-order valence-corrected chi connectivity index (χ0v) is 10.3. The molecule has 3 rings (SSSR count). The van der Waals surface area contributed by atoms with Crippen LogP contribution in [0.25, 0.3) is 11.4 Å². The third-order valence-corrected chi connectivity index (χ3v) is 3.40. The molecule has 1 N–H and O–H groups in total. The maximum absolute atomic E-state index is 5.26. The number of benzene rings is 1. The Labute approximate surface area is 106 Å². The second-order valence-electron chi connectivity index (χ2n) is 4.74. The molecule has 4 nitrogen and oxygen atoms in total. The van der Waals surface area contributed by atoms with Crippen LogP contribution in [0.1, 0.15) is 31.6 Å². The van der Waals surface area contributed by atoms with Crippen LogP contribution < -0.4 is 5.32 Å². The second kappa shape index (κ2) is 5.31. The molecule has 0 unspecified atom stereocenters. The molecule has 1 heterocycles. The summed E-state index contributed by atoms with van der Waals surface area (Å²) in [6.07, 6.45) is 5.19. The molecule has 1 aromatic carbocycles. The summed E-state index contributed by atoms with van der Waals surface area (Å²) < 4.78 is 5.26. The molecule has 0 atom stereocenters. The van der Waals surface area contributed by atoms with Crippen LogP contribution in [0.5, 0.6) is 0 Å². The van der Waals surface area contributed by atoms with E-state index in [1.807, 2.05) is 30.3 Å². The summed E-state index contributed by atoms with van der Waals surface area (Å²) in [6.45, 7) is 0.671. The Kier molecular flexibility index (Phi) is 3.37. The van der Waals surface area contributed by atoms with Crippen molar-refractivity contribution in [2.75, 3.05) is 0 Å². The van der Waals surface area contributed by atoms with Gasteiger partial charge in [0.05, 0.1) is 6.54 Å². The van der Waals surface area contributed by atoms with E-state index in [2.05, 4.69) is 15.5 Å². The fraction of sp³-hybridized carbons (Fsp3) is 0.429. The zero-order chi connectivity index (χ0) is 12.2. The van der Waals surface area contributed by atoms with Gasteiger partial charge in [0, 0.05) is 11.6 Å². The van der Waals surface area contributed by atoms with E-state index in [0.717, 1.165) is 5.56 Å². The SMILES string of the molecule is c1ccc(-c2noc(CNC3CCCC3)n2)cc1. The molecule has 2 aromatic rings. The van der Waals surface area contributed by atoms with E-state index in [1.54, 1.807) is 0 Å². The molecule has 94 valence electrons. The number of aromatic nitrogens is 2. The van der Waals surface area contributed by atoms with Crippen molar-refractivity contribution in [3.05, 3.63) is 36.2 Å². The average molecular weight is 243 g/mol. The lowest BCUT2D eigenvalue weighted by Gasteiger charge is -2.08. The highest BCUT2D eigenvalue weighted by Gasteiger charge is 2.15. The van der Waals surface area contributed by atoms with Gasteiger partial charge in [-0.3, -0.25) is 0 Å². The highest BCUT2D eigenvalue weighted by atomic mass is 16.5. The van der Waals surface area contributed by atoms with Gasteiger partial charge in [-0.1, -0.05) is 48.3 Å². The molecule has 1 aliphatic carbocycles. The molecule has 1 saturated carbocycles. The molecule has 0 bridgehead atoms. The molecule has 1 aromatic heterocycles. The lowest BCUT2D eigenvalue weighted by Crippen LogP contribution is -2.25. The van der Waals surface area contributed by atoms with Crippen LogP contribution in [-0.4, -0.2) is 16.2 Å². The van der Waals surface area contributed by atoms with Crippen molar-refractivity contribution < 1.29 is 4.52 Å². The Bertz CT molecular complexity index is 489. The molecular weight excluding hydrogens is 226 g/mol. The number of rotatable bonds is 4. The van der Waals surface area contributed by atoms with Crippen LogP contribution in [0.4, 0.5) is 0 Å². The number of nitrogens with one attached hydrogen (secondary N) is 1. The van der Waals surface area contributed by atoms with Gasteiger partial charge >= 0.3 is 0 Å². The van der Waals surface area contributed by atoms with E-state index in [1.165, 1.54) is 25.7 Å². The summed E-state index contributed by atoms with van der Waals surface area (Å²) in [5.74, 6) is 1.33. The van der Waals surface area contributed by atoms with Crippen LogP contribution in [0.3, 0.4) is 0 Å². The molecule has 0 spiro atoms. The van der Waals surface area contributed by atoms with Crippen molar-refractivity contribution in [1.82, 2.24) is 15.5 Å². The Balaban J connectivity index is 1.63. The molecule has 18 heavy (non-hydrogen) atoms. The smallest absolute Gasteiger partial charge is 0.240 e. The van der Waals surface area contributed by atoms with Gasteiger partial charge in [0.1, 0.15) is 0 Å². The van der Waals surface area contributed by atoms with Gasteiger partial charge in [-0.2, -0.15) is 4.98 Å². The third kappa shape index (κ3) is 2.59. The molecule has 4 heteroatoms. The van der Waals surface area contributed by atoms with Gasteiger partial charge in [0.2, 0.25) is 11.7 Å². The van der Waals surface area contributed by atoms with Crippen LogP contribution >= 0.6 is 0 Å². The van der Waals surface area contributed by atoms with Gasteiger partial charge in [0.15, 0.2) is 0 Å². The van der Waals surface area contributed by atoms with Crippen molar-refractivity contribution >= 4 is 0 Å². The number of nitrogens with zero attached hydrogens (tertiary/aromatic N) is 2. The largest absolute Gasteiger partial charge is 0.338 e. The summed E-state index contributed by atoms with van der Waals surface area (Å²) in [4.78, 5) is 4.40. The molecule has 0 saturated heterocycles. The summed E-state index contributed by atoms with van der Waals surface area (Å²) in [5.41, 5.74) is 0.994. The normalized spacial score (nSPS) is 16.2. The lowest BCUT2D eigenvalue weighted by molar-refractivity contribution is 0.357. The monoisotopic (exact) mass is 243 g/mol. The highest BCUT2D eigenvalue weighted by Crippen LogP contribution is 2.18. The minimum Gasteiger partial charge on any atom is -0.338 e. The molecule has 0 radical (unpaired) electrons. The molecule has 0 aliphatic heterocycles. The third-order valence-electron chi connectivity index (χ3n) is 3.40. The first-order chi connectivity index (χ1) is 8.92. The number of hydrogen-bond donors (Lipinski definition) is 1. The minimum atomic E-state index is 0.622. The van der Waals surface area contributed by atoms with E-state index in [4.69, 9.17) is 4.52 Å². The topological polar surface area (TPSA) is 51.0 Å². The van der Waals surface area contributed by atoms with E-state index in [9.17, 15) is 0 Å². The van der Waals surface area contributed by atoms with Crippen molar-refractivity contribution in [3.63, 3.8) is 0 Å². The van der Waals surface area contributed by atoms with Crippen LogP contribution in [-0.2, 0) is 6.54 Å². The van der Waals surface area contributed by atoms with Gasteiger partial charge < -0.3 is 9.84 Å². The van der Waals surface area contributed by atoms with Crippen LogP contribution in [0.15, 0.2) is 34.9 Å². The Morgan fingerprint density at radius 2 is 1.94 bits per heavy atom. The quantitative estimate of drug-likeness (QED) is 0.897. The number of hydrogen-bond acceptors (Lipinski definition) is 4. The standard InChI is InChI=1S/C14H17N3O/c1-2-6-11(7-3-1)14-16-13(18-17-14)10-15-12-8-4-5-9-12/h1-3,6-7,12,15H,4-5,8-10H2. The minimum absolute atomic E-state index is 0.622. The fourth-order valence-corrected chi connectivity index (χ4v) is 2.39. The summed E-state index contributed by atoms with van der Waals surface area (Å²) in [5, 5.41) is 7.47. The van der Waals surface area contributed by atoms with E-state index in [-0.39, 0.29) is 0 Å². The van der Waals surface area contributed by atoms with Crippen molar-refractivity contribution in [2.45, 2.75) is 38.3 Å². The maximum Gasteiger partial charge on any atom is 0.240 e. The van der Waals surface area contributed by atoms with Crippen molar-refractivity contribution in [3.8, 4) is 11.4 Å². The van der Waals surface area contributed by atoms with E-state index < -0.39 is 0 Å². The van der Waals surface area contributed by atoms with Crippen LogP contribution in [0, 0.1) is 0 Å². The van der Waals surface area contributed by atoms with E-state index >= 15 is 0 Å². The van der Waals surface area contributed by atoms with Gasteiger partial charge in [-0.25, -0.2) is 0 Å². The first kappa shape index (κ1) is 11.4. The maximum atomic E-state index is 5.26. The van der Waals surface area contributed by atoms with E-state index in [0.29, 0.717) is 24.3 Å². The summed E-state index contributed by atoms with van der Waals surface area (Å²) in [7, 11) is 0. The van der Waals surface area contributed by atoms with Gasteiger partial charge in [-0.15, -0.1) is 0 Å². The van der Waals surface area contributed by atoms with Gasteiger partial charge in [-0.05, 0) is 12.8 Å². The first-order valence-electron chi connectivity index (χ1n) is 6.53. The second-order valence-corrected chi connectivity index (χ2v) is 4.74. The fourth-order valence-electron chi connectivity index (χ4n) is 2.39. The average Bonchev–Trinajstić information content (AvgIpc) is 3.09. The highest BCUT2D eigenvalue weighted by molar-refractivity contribution is 5.53. The summed E-state index contributed by atoms with van der Waals surface area (Å²) in [6, 6.07) is 10.5. The van der Waals surface area contributed by atoms with Gasteiger partial charge in [0.25, 0.3) is 0 Å². The summed E-state index contributed by atoms with van der Waals surface area (Å²) >= 11 is 0. The zero-order valence-electron chi connectivity index (χ0n) is 10.3. The van der Waals surface area contributed by atoms with Crippen molar-refractivity contribution in [1.29, 1.82) is 0 Å². The molecule has 1 fully saturated rings. The van der Waals surface area contributed by atoms with Crippen LogP contribution in [0.2, 0.25) is 0 Å². The lowest BCUT2D eigenvalue weighted by atomic mass is 10.2. The predicted octanol–water partition coefficient (Wildman–Crippen LogP) is 2.77. The molecular formula is C14H17N3O. The Morgan fingerprint density at radius 1 is 1.17 bits per heavy atom. The Morgan fingerprint density at radius 3 is 2.72 bits per heavy atom. The Hall–Kier alpha value is -1.68. The predicted molar refractivity (Wildman–Crippen MR) is 68.8 cm³/mol. The molecule has 1 aliphatic rings. The first-order valence-corrected chi connectivity index (χ1v) is 6.53. The van der Waals surface area contributed by atoms with Crippen molar-refractivity contribution in [2.24, 2.45) is 0 Å².